The third kappa shape index (κ3) is 2.89. The van der Waals surface area contributed by atoms with Gasteiger partial charge in [-0.2, -0.15) is 0 Å². The van der Waals surface area contributed by atoms with Gasteiger partial charge in [-0.1, -0.05) is 43.3 Å². The molecule has 2 nitrogen and oxygen atoms in total. The zero-order chi connectivity index (χ0) is 15.7. The second-order valence-corrected chi connectivity index (χ2v) is 7.05. The summed E-state index contributed by atoms with van der Waals surface area (Å²) in [4.78, 5) is 12.6. The number of carbonyl (C=O) groups is 1. The Morgan fingerprint density at radius 2 is 2.00 bits per heavy atom. The van der Waals surface area contributed by atoms with Crippen LogP contribution in [-0.4, -0.2) is 18.4 Å². The van der Waals surface area contributed by atoms with Crippen molar-refractivity contribution in [2.45, 2.75) is 51.5 Å². The number of Topliss-reactive ketones (excluding diaryl/α,β-unsaturated/α-hetero) is 1. The highest BCUT2D eigenvalue weighted by Crippen LogP contribution is 2.42. The van der Waals surface area contributed by atoms with Gasteiger partial charge in [-0.25, -0.2) is 0 Å². The fourth-order valence-electron chi connectivity index (χ4n) is 4.27. The average molecular weight is 297 g/mol. The Morgan fingerprint density at radius 3 is 2.55 bits per heavy atom. The van der Waals surface area contributed by atoms with E-state index in [0.717, 1.165) is 30.9 Å². The lowest BCUT2D eigenvalue weighted by atomic mass is 9.77. The van der Waals surface area contributed by atoms with Crippen molar-refractivity contribution in [3.63, 3.8) is 0 Å². The molecule has 1 N–H and O–H groups in total. The Hall–Kier alpha value is -1.41. The van der Waals surface area contributed by atoms with Gasteiger partial charge in [0.25, 0.3) is 0 Å². The molecule has 2 bridgehead atoms. The van der Waals surface area contributed by atoms with Crippen LogP contribution in [0.4, 0.5) is 0 Å². The standard InChI is InChI=1S/C20H27NO/c1-4-19(22)20-17(11-14-5-10-18(20)21-12-14)16-8-6-15(7-9-16)13(2)3/h6-9,14,17-18,20-21H,2,4-5,10-12H2,1,3H3/t14?,17-,18?,20-/m1/s1. The third-order valence-corrected chi connectivity index (χ3v) is 5.56. The van der Waals surface area contributed by atoms with Gasteiger partial charge in [0.2, 0.25) is 0 Å². The number of rotatable bonds is 4. The molecule has 2 heterocycles. The van der Waals surface area contributed by atoms with Crippen LogP contribution < -0.4 is 5.32 Å². The molecule has 1 saturated carbocycles. The van der Waals surface area contributed by atoms with Crippen molar-refractivity contribution in [2.24, 2.45) is 11.8 Å². The summed E-state index contributed by atoms with van der Waals surface area (Å²) < 4.78 is 0. The minimum absolute atomic E-state index is 0.146. The Labute approximate surface area is 134 Å². The summed E-state index contributed by atoms with van der Waals surface area (Å²) in [7, 11) is 0. The predicted molar refractivity (Wildman–Crippen MR) is 91.8 cm³/mol. The number of fused-ring (bicyclic) bond motifs is 4. The molecule has 0 spiro atoms. The van der Waals surface area contributed by atoms with Gasteiger partial charge in [0.1, 0.15) is 5.78 Å². The van der Waals surface area contributed by atoms with Gasteiger partial charge in [-0.05, 0) is 55.7 Å². The quantitative estimate of drug-likeness (QED) is 0.903. The molecule has 0 amide bonds. The first-order chi connectivity index (χ1) is 10.6. The van der Waals surface area contributed by atoms with Crippen LogP contribution in [0.15, 0.2) is 30.8 Å². The number of benzene rings is 1. The van der Waals surface area contributed by atoms with Gasteiger partial charge < -0.3 is 5.32 Å². The first-order valence-electron chi connectivity index (χ1n) is 8.62. The summed E-state index contributed by atoms with van der Waals surface area (Å²) in [6.45, 7) is 9.13. The Balaban J connectivity index is 1.94. The van der Waals surface area contributed by atoms with E-state index in [1.807, 2.05) is 13.8 Å². The molecule has 3 fully saturated rings. The minimum atomic E-state index is 0.146. The molecule has 2 heteroatoms. The number of allylic oxidation sites excluding steroid dienone is 1. The Kier molecular flexibility index (Phi) is 4.49. The van der Waals surface area contributed by atoms with Gasteiger partial charge in [0.15, 0.2) is 0 Å². The first kappa shape index (κ1) is 15.5. The van der Waals surface area contributed by atoms with Crippen molar-refractivity contribution in [3.8, 4) is 0 Å². The van der Waals surface area contributed by atoms with Gasteiger partial charge in [-0.15, -0.1) is 0 Å². The van der Waals surface area contributed by atoms with Crippen LogP contribution in [0.1, 0.15) is 56.6 Å². The molecule has 1 aliphatic carbocycles. The van der Waals surface area contributed by atoms with E-state index in [0.29, 0.717) is 24.2 Å². The van der Waals surface area contributed by atoms with Gasteiger partial charge in [0.05, 0.1) is 0 Å². The van der Waals surface area contributed by atoms with Gasteiger partial charge in [-0.3, -0.25) is 4.79 Å². The molecule has 1 aromatic rings. The summed E-state index contributed by atoms with van der Waals surface area (Å²) in [5.41, 5.74) is 3.62. The van der Waals surface area contributed by atoms with Crippen molar-refractivity contribution < 1.29 is 4.79 Å². The van der Waals surface area contributed by atoms with Crippen molar-refractivity contribution in [1.82, 2.24) is 5.32 Å². The van der Waals surface area contributed by atoms with E-state index in [-0.39, 0.29) is 5.92 Å². The number of hydrogen-bond acceptors (Lipinski definition) is 2. The van der Waals surface area contributed by atoms with E-state index >= 15 is 0 Å². The minimum Gasteiger partial charge on any atom is -0.313 e. The topological polar surface area (TPSA) is 29.1 Å². The van der Waals surface area contributed by atoms with Crippen LogP contribution in [0.5, 0.6) is 0 Å². The van der Waals surface area contributed by atoms with Crippen LogP contribution in [0, 0.1) is 11.8 Å². The van der Waals surface area contributed by atoms with Crippen molar-refractivity contribution in [2.75, 3.05) is 6.54 Å². The lowest BCUT2D eigenvalue weighted by Crippen LogP contribution is -2.43. The molecular formula is C20H27NO. The SMILES string of the molecule is C=C(C)c1ccc([C@H]2CC3CCC(NC3)[C@@H]2C(=O)CC)cc1. The molecule has 4 rings (SSSR count). The summed E-state index contributed by atoms with van der Waals surface area (Å²) >= 11 is 0. The van der Waals surface area contributed by atoms with Crippen molar-refractivity contribution >= 4 is 11.4 Å². The molecule has 2 unspecified atom stereocenters. The maximum Gasteiger partial charge on any atom is 0.137 e. The van der Waals surface area contributed by atoms with E-state index in [1.54, 1.807) is 0 Å². The Bertz CT molecular complexity index is 552. The van der Waals surface area contributed by atoms with Crippen LogP contribution >= 0.6 is 0 Å². The lowest BCUT2D eigenvalue weighted by Gasteiger charge is -2.30. The van der Waals surface area contributed by atoms with Crippen molar-refractivity contribution in [1.29, 1.82) is 0 Å². The maximum absolute atomic E-state index is 12.6. The molecule has 118 valence electrons. The molecule has 2 aliphatic heterocycles. The van der Waals surface area contributed by atoms with Crippen LogP contribution in [-0.2, 0) is 4.79 Å². The fraction of sp³-hybridized carbons (Fsp3) is 0.550. The zero-order valence-corrected chi connectivity index (χ0v) is 13.8. The highest BCUT2D eigenvalue weighted by Gasteiger charge is 2.41. The molecule has 3 aliphatic rings. The second-order valence-electron chi connectivity index (χ2n) is 7.05. The van der Waals surface area contributed by atoms with E-state index in [4.69, 9.17) is 0 Å². The average Bonchev–Trinajstić information content (AvgIpc) is 2.84. The second kappa shape index (κ2) is 6.37. The normalized spacial score (nSPS) is 30.8. The van der Waals surface area contributed by atoms with Crippen LogP contribution in [0.3, 0.4) is 0 Å². The van der Waals surface area contributed by atoms with E-state index in [9.17, 15) is 4.79 Å². The van der Waals surface area contributed by atoms with Gasteiger partial charge in [0, 0.05) is 18.4 Å². The largest absolute Gasteiger partial charge is 0.313 e. The van der Waals surface area contributed by atoms with E-state index in [2.05, 4.69) is 36.2 Å². The fourth-order valence-corrected chi connectivity index (χ4v) is 4.27. The number of ketones is 1. The van der Waals surface area contributed by atoms with E-state index in [1.165, 1.54) is 17.5 Å². The molecule has 0 radical (unpaired) electrons. The lowest BCUT2D eigenvalue weighted by molar-refractivity contribution is -0.124. The number of hydrogen-bond donors (Lipinski definition) is 1. The highest BCUT2D eigenvalue weighted by atomic mass is 16.1. The first-order valence-corrected chi connectivity index (χ1v) is 8.62. The maximum atomic E-state index is 12.6. The third-order valence-electron chi connectivity index (χ3n) is 5.56. The molecular weight excluding hydrogens is 270 g/mol. The summed E-state index contributed by atoms with van der Waals surface area (Å²) in [5.74, 6) is 1.66. The summed E-state index contributed by atoms with van der Waals surface area (Å²) in [6.07, 6.45) is 4.22. The van der Waals surface area contributed by atoms with Crippen LogP contribution in [0.2, 0.25) is 0 Å². The Morgan fingerprint density at radius 1 is 1.27 bits per heavy atom. The van der Waals surface area contributed by atoms with Crippen LogP contribution in [0.25, 0.3) is 5.57 Å². The summed E-state index contributed by atoms with van der Waals surface area (Å²) in [5, 5.41) is 3.64. The predicted octanol–water partition coefficient (Wildman–Crippen LogP) is 4.17. The number of piperidine rings is 1. The molecule has 2 saturated heterocycles. The highest BCUT2D eigenvalue weighted by molar-refractivity contribution is 5.82. The zero-order valence-electron chi connectivity index (χ0n) is 13.8. The van der Waals surface area contributed by atoms with E-state index < -0.39 is 0 Å². The van der Waals surface area contributed by atoms with Gasteiger partial charge >= 0.3 is 0 Å². The number of nitrogens with one attached hydrogen (secondary N) is 1. The van der Waals surface area contributed by atoms with Crippen molar-refractivity contribution in [3.05, 3.63) is 42.0 Å². The molecule has 1 aromatic carbocycles. The monoisotopic (exact) mass is 297 g/mol. The number of carbonyl (C=O) groups excluding carboxylic acids is 1. The smallest absolute Gasteiger partial charge is 0.137 e. The molecule has 4 atom stereocenters. The molecule has 0 aromatic heterocycles. The molecule has 22 heavy (non-hydrogen) atoms. The summed E-state index contributed by atoms with van der Waals surface area (Å²) in [6, 6.07) is 9.12.